The van der Waals surface area contributed by atoms with Crippen molar-refractivity contribution in [1.82, 2.24) is 4.90 Å². The minimum absolute atomic E-state index is 0.129. The Morgan fingerprint density at radius 1 is 1.45 bits per heavy atom. The Morgan fingerprint density at radius 2 is 2.20 bits per heavy atom. The number of carbonyl (C=O) groups is 1. The number of carbonyl (C=O) groups excluding carboxylic acids is 1. The fraction of sp³-hybridized carbons (Fsp3) is 0.400. The summed E-state index contributed by atoms with van der Waals surface area (Å²) < 4.78 is 11.9. The molecule has 0 saturated heterocycles. The Morgan fingerprint density at radius 3 is 2.90 bits per heavy atom. The Balaban J connectivity index is 1.98. The molecule has 3 rings (SSSR count). The van der Waals surface area contributed by atoms with E-state index >= 15 is 0 Å². The van der Waals surface area contributed by atoms with Crippen molar-refractivity contribution in [2.45, 2.75) is 32.4 Å². The molecule has 5 heteroatoms. The first kappa shape index (κ1) is 13.5. The van der Waals surface area contributed by atoms with Crippen molar-refractivity contribution >= 4 is 28.1 Å². The van der Waals surface area contributed by atoms with Gasteiger partial charge in [-0.2, -0.15) is 0 Å². The van der Waals surface area contributed by atoms with Crippen LogP contribution in [0.2, 0.25) is 0 Å². The van der Waals surface area contributed by atoms with Crippen molar-refractivity contribution in [1.29, 1.82) is 0 Å². The monoisotopic (exact) mass is 337 g/mol. The van der Waals surface area contributed by atoms with Gasteiger partial charge in [-0.25, -0.2) is 4.79 Å². The van der Waals surface area contributed by atoms with Crippen LogP contribution in [-0.2, 0) is 4.74 Å². The van der Waals surface area contributed by atoms with E-state index < -0.39 is 5.60 Å². The quantitative estimate of drug-likeness (QED) is 0.670. The van der Waals surface area contributed by atoms with E-state index in [1.807, 2.05) is 45.0 Å². The average molecular weight is 338 g/mol. The van der Waals surface area contributed by atoms with E-state index in [1.54, 1.807) is 4.90 Å². The third kappa shape index (κ3) is 2.20. The van der Waals surface area contributed by atoms with E-state index in [0.29, 0.717) is 11.2 Å². The van der Waals surface area contributed by atoms with Gasteiger partial charge in [0.1, 0.15) is 24.0 Å². The summed E-state index contributed by atoms with van der Waals surface area (Å²) in [7, 11) is 0. The summed E-state index contributed by atoms with van der Waals surface area (Å²) in [5.41, 5.74) is 1.61. The number of benzene rings is 1. The lowest BCUT2D eigenvalue weighted by Crippen LogP contribution is -2.39. The lowest BCUT2D eigenvalue weighted by atomic mass is 9.98. The van der Waals surface area contributed by atoms with Crippen molar-refractivity contribution in [3.8, 4) is 5.75 Å². The van der Waals surface area contributed by atoms with E-state index in [9.17, 15) is 4.79 Å². The van der Waals surface area contributed by atoms with Crippen LogP contribution in [0.4, 0.5) is 4.79 Å². The first-order valence-electron chi connectivity index (χ1n) is 6.52. The van der Waals surface area contributed by atoms with Crippen LogP contribution in [0.1, 0.15) is 37.9 Å². The van der Waals surface area contributed by atoms with Crippen LogP contribution in [0, 0.1) is 0 Å². The molecule has 0 spiro atoms. The summed E-state index contributed by atoms with van der Waals surface area (Å²) in [5.74, 6) is 0.845. The highest BCUT2D eigenvalue weighted by Gasteiger charge is 2.40. The molecule has 4 nitrogen and oxygen atoms in total. The second-order valence-corrected chi connectivity index (χ2v) is 6.72. The lowest BCUT2D eigenvalue weighted by molar-refractivity contribution is 0.0242. The summed E-state index contributed by atoms with van der Waals surface area (Å²) in [6.07, 6.45) is 1.56. The highest BCUT2D eigenvalue weighted by atomic mass is 79.9. The zero-order chi connectivity index (χ0) is 14.5. The van der Waals surface area contributed by atoms with Gasteiger partial charge >= 0.3 is 6.09 Å². The van der Waals surface area contributed by atoms with Crippen LogP contribution in [0.3, 0.4) is 0 Å². The van der Waals surface area contributed by atoms with Crippen molar-refractivity contribution in [2.24, 2.45) is 0 Å². The molecule has 0 radical (unpaired) electrons. The van der Waals surface area contributed by atoms with Gasteiger partial charge in [-0.1, -0.05) is 12.1 Å². The molecule has 0 aromatic heterocycles. The SMILES string of the molecule is CC(C)(C)OC(=O)N1C(Br)=Cc2cccc3c2[C@@H]1CO3. The van der Waals surface area contributed by atoms with Gasteiger partial charge in [-0.3, -0.25) is 4.90 Å². The minimum atomic E-state index is -0.524. The van der Waals surface area contributed by atoms with Gasteiger partial charge in [0.05, 0.1) is 4.61 Å². The fourth-order valence-electron chi connectivity index (χ4n) is 2.50. The summed E-state index contributed by atoms with van der Waals surface area (Å²) in [6, 6.07) is 5.78. The van der Waals surface area contributed by atoms with Gasteiger partial charge in [0.25, 0.3) is 0 Å². The molecule has 2 aliphatic rings. The number of ether oxygens (including phenoxy) is 2. The van der Waals surface area contributed by atoms with E-state index in [-0.39, 0.29) is 12.1 Å². The maximum Gasteiger partial charge on any atom is 0.415 e. The first-order chi connectivity index (χ1) is 9.37. The lowest BCUT2D eigenvalue weighted by Gasteiger charge is -2.33. The molecule has 1 atom stereocenters. The van der Waals surface area contributed by atoms with E-state index in [0.717, 1.165) is 16.9 Å². The summed E-state index contributed by atoms with van der Waals surface area (Å²) >= 11 is 3.47. The van der Waals surface area contributed by atoms with Gasteiger partial charge in [0.2, 0.25) is 0 Å². The zero-order valence-electron chi connectivity index (χ0n) is 11.6. The van der Waals surface area contributed by atoms with Gasteiger partial charge in [0, 0.05) is 5.56 Å². The minimum Gasteiger partial charge on any atom is -0.491 e. The standard InChI is InChI=1S/C15H16BrNO3/c1-15(2,3)20-14(18)17-10-8-19-11-6-4-5-9(13(10)11)7-12(17)16/h4-7,10H,8H2,1-3H3/t10-/m0/s1. The number of halogens is 1. The van der Waals surface area contributed by atoms with E-state index in [1.165, 1.54) is 0 Å². The molecule has 0 unspecified atom stereocenters. The second-order valence-electron chi connectivity index (χ2n) is 5.90. The van der Waals surface area contributed by atoms with Crippen LogP contribution in [0.25, 0.3) is 6.08 Å². The average Bonchev–Trinajstić information content (AvgIpc) is 2.72. The molecule has 1 aromatic carbocycles. The Kier molecular flexibility index (Phi) is 3.05. The van der Waals surface area contributed by atoms with E-state index in [2.05, 4.69) is 15.9 Å². The normalized spacial score (nSPS) is 20.1. The molecule has 20 heavy (non-hydrogen) atoms. The Labute approximate surface area is 126 Å². The maximum absolute atomic E-state index is 12.4. The third-order valence-corrected chi connectivity index (χ3v) is 3.85. The first-order valence-corrected chi connectivity index (χ1v) is 7.31. The molecule has 0 saturated carbocycles. The summed E-state index contributed by atoms with van der Waals surface area (Å²) in [4.78, 5) is 14.0. The Bertz CT molecular complexity index is 604. The largest absolute Gasteiger partial charge is 0.491 e. The molecule has 1 aromatic rings. The van der Waals surface area contributed by atoms with Gasteiger partial charge in [-0.15, -0.1) is 0 Å². The molecule has 2 heterocycles. The summed E-state index contributed by atoms with van der Waals surface area (Å²) in [6.45, 7) is 6.03. The van der Waals surface area contributed by atoms with Crippen molar-refractivity contribution < 1.29 is 14.3 Å². The Hall–Kier alpha value is -1.49. The molecule has 0 bridgehead atoms. The number of hydrogen-bond donors (Lipinski definition) is 0. The molecule has 2 aliphatic heterocycles. The van der Waals surface area contributed by atoms with E-state index in [4.69, 9.17) is 9.47 Å². The number of rotatable bonds is 0. The zero-order valence-corrected chi connectivity index (χ0v) is 13.2. The molecule has 0 aliphatic carbocycles. The highest BCUT2D eigenvalue weighted by molar-refractivity contribution is 9.11. The molecular weight excluding hydrogens is 322 g/mol. The van der Waals surface area contributed by atoms with Crippen LogP contribution < -0.4 is 4.74 Å². The number of amides is 1. The van der Waals surface area contributed by atoms with Gasteiger partial charge in [-0.05, 0) is 54.4 Å². The highest BCUT2D eigenvalue weighted by Crippen LogP contribution is 2.45. The molecule has 0 N–H and O–H groups in total. The fourth-order valence-corrected chi connectivity index (χ4v) is 3.14. The van der Waals surface area contributed by atoms with Crippen LogP contribution >= 0.6 is 15.9 Å². The topological polar surface area (TPSA) is 38.8 Å². The van der Waals surface area contributed by atoms with Gasteiger partial charge < -0.3 is 9.47 Å². The van der Waals surface area contributed by atoms with Crippen molar-refractivity contribution in [3.63, 3.8) is 0 Å². The maximum atomic E-state index is 12.4. The second kappa shape index (κ2) is 4.52. The van der Waals surface area contributed by atoms with Crippen molar-refractivity contribution in [3.05, 3.63) is 33.9 Å². The third-order valence-electron chi connectivity index (χ3n) is 3.24. The summed E-state index contributed by atoms with van der Waals surface area (Å²) in [5, 5.41) is 0. The molecule has 0 fully saturated rings. The number of hydrogen-bond acceptors (Lipinski definition) is 3. The smallest absolute Gasteiger partial charge is 0.415 e. The molecule has 1 amide bonds. The molecular formula is C15H16BrNO3. The van der Waals surface area contributed by atoms with Crippen LogP contribution in [0.5, 0.6) is 5.75 Å². The predicted octanol–water partition coefficient (Wildman–Crippen LogP) is 4.06. The van der Waals surface area contributed by atoms with Crippen LogP contribution in [-0.4, -0.2) is 23.2 Å². The van der Waals surface area contributed by atoms with Crippen LogP contribution in [0.15, 0.2) is 22.8 Å². The molecule has 106 valence electrons. The van der Waals surface area contributed by atoms with Gasteiger partial charge in [0.15, 0.2) is 0 Å². The van der Waals surface area contributed by atoms with Crippen molar-refractivity contribution in [2.75, 3.05) is 6.61 Å². The predicted molar refractivity (Wildman–Crippen MR) is 79.7 cm³/mol. The number of nitrogens with zero attached hydrogens (tertiary/aromatic N) is 1.